The fourth-order valence-corrected chi connectivity index (χ4v) is 5.85. The van der Waals surface area contributed by atoms with E-state index in [0.717, 1.165) is 12.8 Å². The molecule has 1 heterocycles. The first-order chi connectivity index (χ1) is 17.9. The van der Waals surface area contributed by atoms with Crippen LogP contribution in [0.2, 0.25) is 5.02 Å². The number of benzene rings is 2. The summed E-state index contributed by atoms with van der Waals surface area (Å²) in [4.78, 5) is 42.6. The average molecular weight is 525 g/mol. The molecule has 2 aromatic rings. The molecule has 0 bridgehead atoms. The number of carbonyl (C=O) groups is 3. The zero-order valence-corrected chi connectivity index (χ0v) is 21.8. The number of nitrogens with zero attached hydrogens (tertiary/aromatic N) is 1. The van der Waals surface area contributed by atoms with Crippen LogP contribution in [0.25, 0.3) is 0 Å². The van der Waals surface area contributed by atoms with Crippen LogP contribution in [0.3, 0.4) is 0 Å². The van der Waals surface area contributed by atoms with Crippen molar-refractivity contribution in [2.24, 2.45) is 23.7 Å². The van der Waals surface area contributed by atoms with Gasteiger partial charge in [0.15, 0.2) is 0 Å². The van der Waals surface area contributed by atoms with E-state index in [1.165, 1.54) is 4.90 Å². The second-order valence-electron chi connectivity index (χ2n) is 9.51. The minimum absolute atomic E-state index is 0.168. The average Bonchev–Trinajstić information content (AvgIpc) is 3.19. The van der Waals surface area contributed by atoms with Gasteiger partial charge in [0.1, 0.15) is 6.04 Å². The number of amides is 2. The summed E-state index contributed by atoms with van der Waals surface area (Å²) < 4.78 is 5.42. The van der Waals surface area contributed by atoms with Gasteiger partial charge in [-0.2, -0.15) is 0 Å². The molecule has 0 unspecified atom stereocenters. The van der Waals surface area contributed by atoms with E-state index in [-0.39, 0.29) is 25.0 Å². The number of allylic oxidation sites excluding steroid dienone is 1. The van der Waals surface area contributed by atoms with Crippen molar-refractivity contribution >= 4 is 35.1 Å². The molecule has 1 aliphatic carbocycles. The topological polar surface area (TPSA) is 95.9 Å². The molecule has 0 radical (unpaired) electrons. The van der Waals surface area contributed by atoms with E-state index in [0.29, 0.717) is 16.3 Å². The Bertz CT molecular complexity index is 1140. The molecular formula is C29H33ClN2O5. The molecule has 6 atom stereocenters. The van der Waals surface area contributed by atoms with Crippen LogP contribution in [0.4, 0.5) is 5.69 Å². The summed E-state index contributed by atoms with van der Waals surface area (Å²) in [5.74, 6) is -3.33. The number of rotatable bonds is 9. The third-order valence-corrected chi connectivity index (χ3v) is 7.55. The lowest BCUT2D eigenvalue weighted by molar-refractivity contribution is -0.156. The van der Waals surface area contributed by atoms with Crippen LogP contribution in [0, 0.1) is 23.7 Å². The Balaban J connectivity index is 1.78. The lowest BCUT2D eigenvalue weighted by Gasteiger charge is -2.34. The molecule has 7 nitrogen and oxygen atoms in total. The zero-order valence-electron chi connectivity index (χ0n) is 21.0. The summed E-state index contributed by atoms with van der Waals surface area (Å²) in [6, 6.07) is 14.2. The quantitative estimate of drug-likeness (QED) is 0.368. The van der Waals surface area contributed by atoms with Crippen molar-refractivity contribution in [3.63, 3.8) is 0 Å². The maximum atomic E-state index is 14.2. The van der Waals surface area contributed by atoms with E-state index in [4.69, 9.17) is 16.3 Å². The molecule has 2 amide bonds. The fourth-order valence-electron chi connectivity index (χ4n) is 5.73. The van der Waals surface area contributed by atoms with Crippen molar-refractivity contribution in [3.05, 3.63) is 77.3 Å². The van der Waals surface area contributed by atoms with Crippen molar-refractivity contribution in [1.29, 1.82) is 0 Å². The second-order valence-corrected chi connectivity index (χ2v) is 9.95. The number of fused-ring (bicyclic) bond motifs is 1. The van der Waals surface area contributed by atoms with Crippen LogP contribution in [-0.2, 0) is 19.1 Å². The Morgan fingerprint density at radius 3 is 2.41 bits per heavy atom. The summed E-state index contributed by atoms with van der Waals surface area (Å²) in [7, 11) is 0. The minimum Gasteiger partial charge on any atom is -0.466 e. The van der Waals surface area contributed by atoms with Crippen LogP contribution in [-0.4, -0.2) is 47.0 Å². The second kappa shape index (κ2) is 11.9. The minimum atomic E-state index is -0.929. The molecule has 37 heavy (non-hydrogen) atoms. The molecule has 2 aromatic carbocycles. The Kier molecular flexibility index (Phi) is 8.67. The molecule has 1 fully saturated rings. The summed E-state index contributed by atoms with van der Waals surface area (Å²) in [5, 5.41) is 13.9. The van der Waals surface area contributed by atoms with Crippen molar-refractivity contribution in [2.45, 2.75) is 38.8 Å². The number of anilines is 1. The molecule has 1 aliphatic heterocycles. The van der Waals surface area contributed by atoms with Gasteiger partial charge in [0.25, 0.3) is 0 Å². The molecule has 0 spiro atoms. The predicted molar refractivity (Wildman–Crippen MR) is 142 cm³/mol. The zero-order chi connectivity index (χ0) is 26.5. The van der Waals surface area contributed by atoms with Crippen LogP contribution in [0.5, 0.6) is 0 Å². The van der Waals surface area contributed by atoms with Gasteiger partial charge in [-0.1, -0.05) is 67.4 Å². The van der Waals surface area contributed by atoms with Crippen molar-refractivity contribution in [2.75, 3.05) is 18.5 Å². The molecule has 196 valence electrons. The maximum Gasteiger partial charge on any atom is 0.310 e. The number of nitrogens with one attached hydrogen (secondary N) is 1. The molecular weight excluding hydrogens is 492 g/mol. The number of hydrogen-bond donors (Lipinski definition) is 2. The smallest absolute Gasteiger partial charge is 0.310 e. The number of likely N-dealkylation sites (tertiary alicyclic amines) is 1. The van der Waals surface area contributed by atoms with Crippen molar-refractivity contribution < 1.29 is 24.2 Å². The molecule has 2 N–H and O–H groups in total. The number of carbonyl (C=O) groups excluding carboxylic acids is 3. The van der Waals surface area contributed by atoms with Crippen LogP contribution in [0.1, 0.15) is 38.3 Å². The number of hydrogen-bond acceptors (Lipinski definition) is 5. The van der Waals surface area contributed by atoms with Crippen LogP contribution < -0.4 is 5.32 Å². The Morgan fingerprint density at radius 2 is 1.78 bits per heavy atom. The Hall–Kier alpha value is -3.16. The van der Waals surface area contributed by atoms with Gasteiger partial charge >= 0.3 is 5.97 Å². The normalized spacial score (nSPS) is 25.5. The number of aliphatic hydroxyl groups is 1. The highest BCUT2D eigenvalue weighted by molar-refractivity contribution is 6.30. The van der Waals surface area contributed by atoms with E-state index in [2.05, 4.69) is 5.32 Å². The highest BCUT2D eigenvalue weighted by Crippen LogP contribution is 2.48. The van der Waals surface area contributed by atoms with Gasteiger partial charge in [-0.05, 0) is 49.1 Å². The third-order valence-electron chi connectivity index (χ3n) is 7.30. The molecule has 1 saturated heterocycles. The molecule has 4 rings (SSSR count). The number of esters is 1. The predicted octanol–water partition coefficient (Wildman–Crippen LogP) is 4.62. The van der Waals surface area contributed by atoms with Crippen LogP contribution >= 0.6 is 11.6 Å². The van der Waals surface area contributed by atoms with Gasteiger partial charge in [-0.25, -0.2) is 0 Å². The molecule has 0 saturated carbocycles. The Labute approximate surface area is 222 Å². The van der Waals surface area contributed by atoms with Gasteiger partial charge in [0.05, 0.1) is 31.1 Å². The van der Waals surface area contributed by atoms with E-state index < -0.39 is 41.7 Å². The van der Waals surface area contributed by atoms with E-state index in [9.17, 15) is 19.5 Å². The molecule has 2 aliphatic rings. The number of aliphatic hydroxyl groups excluding tert-OH is 1. The summed E-state index contributed by atoms with van der Waals surface area (Å²) in [5.41, 5.74) is 1.25. The first kappa shape index (κ1) is 26.9. The lowest BCUT2D eigenvalue weighted by Crippen LogP contribution is -2.46. The highest BCUT2D eigenvalue weighted by atomic mass is 35.5. The van der Waals surface area contributed by atoms with E-state index in [1.54, 1.807) is 31.2 Å². The van der Waals surface area contributed by atoms with Crippen LogP contribution in [0.15, 0.2) is 66.7 Å². The monoisotopic (exact) mass is 524 g/mol. The largest absolute Gasteiger partial charge is 0.466 e. The fraction of sp³-hybridized carbons (Fsp3) is 0.414. The maximum absolute atomic E-state index is 14.2. The summed E-state index contributed by atoms with van der Waals surface area (Å²) in [6.07, 6.45) is 5.43. The first-order valence-electron chi connectivity index (χ1n) is 12.8. The van der Waals surface area contributed by atoms with Gasteiger partial charge < -0.3 is 20.1 Å². The Morgan fingerprint density at radius 1 is 1.08 bits per heavy atom. The van der Waals surface area contributed by atoms with Gasteiger partial charge in [-0.15, -0.1) is 0 Å². The van der Waals surface area contributed by atoms with Gasteiger partial charge in [-0.3, -0.25) is 14.4 Å². The third kappa shape index (κ3) is 5.43. The van der Waals surface area contributed by atoms with Gasteiger partial charge in [0.2, 0.25) is 11.8 Å². The molecule has 0 aromatic heterocycles. The summed E-state index contributed by atoms with van der Waals surface area (Å²) in [6.45, 7) is 3.61. The highest BCUT2D eigenvalue weighted by Gasteiger charge is 2.59. The number of halogens is 1. The molecule has 8 heteroatoms. The van der Waals surface area contributed by atoms with Gasteiger partial charge in [0, 0.05) is 16.6 Å². The van der Waals surface area contributed by atoms with E-state index >= 15 is 0 Å². The first-order valence-corrected chi connectivity index (χ1v) is 13.2. The standard InChI is InChI=1S/C29H33ClN2O5/c1-3-8-19-11-16-22-25(24(19)29(36)37-4-2)28(35)32(23(17-33)18-9-6-5-7-10-18)26(22)27(34)31-21-14-12-20(30)13-15-21/h5-7,9-16,19,22-26,33H,3-4,8,17H2,1-2H3,(H,31,34)/t19-,22+,23-,24-,25-,26+/m1/s1. The SMILES string of the molecule is CCC[C@@H]1C=C[C@H]2[C@@H](C(=O)N([C@H](CO)c3ccccc3)[C@@H]2C(=O)Nc2ccc(Cl)cc2)[C@@H]1C(=O)OCC. The lowest BCUT2D eigenvalue weighted by atomic mass is 9.69. The summed E-state index contributed by atoms with van der Waals surface area (Å²) >= 11 is 6.00. The van der Waals surface area contributed by atoms with Crippen molar-refractivity contribution in [1.82, 2.24) is 4.90 Å². The number of ether oxygens (including phenoxy) is 1. The van der Waals surface area contributed by atoms with E-state index in [1.807, 2.05) is 49.4 Å². The van der Waals surface area contributed by atoms with Crippen molar-refractivity contribution in [3.8, 4) is 0 Å².